The van der Waals surface area contributed by atoms with Crippen LogP contribution in [0.5, 0.6) is 0 Å². The molecule has 1 heterocycles. The van der Waals surface area contributed by atoms with Crippen molar-refractivity contribution in [3.63, 3.8) is 0 Å². The Balaban J connectivity index is 1.58. The van der Waals surface area contributed by atoms with Gasteiger partial charge in [-0.15, -0.1) is 0 Å². The highest BCUT2D eigenvalue weighted by Crippen LogP contribution is 2.31. The molecule has 1 fully saturated rings. The van der Waals surface area contributed by atoms with Crippen LogP contribution in [0.1, 0.15) is 17.5 Å². The molecule has 8 heteroatoms. The van der Waals surface area contributed by atoms with Gasteiger partial charge in [0.1, 0.15) is 0 Å². The molecule has 2 aromatic carbocycles. The molecule has 29 heavy (non-hydrogen) atoms. The average Bonchev–Trinajstić information content (AvgIpc) is 3.05. The number of esters is 1. The van der Waals surface area contributed by atoms with E-state index in [-0.39, 0.29) is 23.9 Å². The summed E-state index contributed by atoms with van der Waals surface area (Å²) < 4.78 is 5.12. The molecule has 1 aliphatic heterocycles. The van der Waals surface area contributed by atoms with E-state index in [9.17, 15) is 14.4 Å². The molecule has 0 aliphatic carbocycles. The Labute approximate surface area is 178 Å². The standard InChI is InChI=1S/C21H20Cl2N2O4/c1-12-5-3-6-13(2)20(12)25-10-14(9-18(25)27)21(28)29-11-17(26)24-16-8-4-7-15(22)19(16)23/h3-8,14H,9-11H2,1-2H3,(H,24,26)/t14-/m1/s1. The van der Waals surface area contributed by atoms with Crippen LogP contribution in [0.2, 0.25) is 10.0 Å². The summed E-state index contributed by atoms with van der Waals surface area (Å²) in [4.78, 5) is 38.5. The Kier molecular flexibility index (Phi) is 6.45. The van der Waals surface area contributed by atoms with Crippen molar-refractivity contribution in [2.45, 2.75) is 20.3 Å². The van der Waals surface area contributed by atoms with Gasteiger partial charge in [0, 0.05) is 18.7 Å². The van der Waals surface area contributed by atoms with E-state index in [4.69, 9.17) is 27.9 Å². The number of carbonyl (C=O) groups is 3. The van der Waals surface area contributed by atoms with Crippen LogP contribution in [0.3, 0.4) is 0 Å². The minimum Gasteiger partial charge on any atom is -0.455 e. The maximum atomic E-state index is 12.5. The van der Waals surface area contributed by atoms with Crippen molar-refractivity contribution in [2.75, 3.05) is 23.4 Å². The number of ether oxygens (including phenoxy) is 1. The number of nitrogens with zero attached hydrogens (tertiary/aromatic N) is 1. The summed E-state index contributed by atoms with van der Waals surface area (Å²) in [6.45, 7) is 3.60. The van der Waals surface area contributed by atoms with Crippen molar-refractivity contribution in [3.05, 3.63) is 57.6 Å². The SMILES string of the molecule is Cc1cccc(C)c1N1C[C@H](C(=O)OCC(=O)Nc2cccc(Cl)c2Cl)CC1=O. The Morgan fingerprint density at radius 2 is 1.79 bits per heavy atom. The number of hydrogen-bond acceptors (Lipinski definition) is 4. The third-order valence-corrected chi connectivity index (χ3v) is 5.56. The second-order valence-corrected chi connectivity index (χ2v) is 7.69. The normalized spacial score (nSPS) is 16.1. The average molecular weight is 435 g/mol. The highest BCUT2D eigenvalue weighted by atomic mass is 35.5. The largest absolute Gasteiger partial charge is 0.455 e. The summed E-state index contributed by atoms with van der Waals surface area (Å²) in [5.41, 5.74) is 3.08. The second-order valence-electron chi connectivity index (χ2n) is 6.90. The number of benzene rings is 2. The van der Waals surface area contributed by atoms with Gasteiger partial charge in [0.25, 0.3) is 5.91 Å². The third kappa shape index (κ3) is 4.71. The van der Waals surface area contributed by atoms with E-state index in [2.05, 4.69) is 5.32 Å². The number of rotatable bonds is 5. The molecule has 1 aliphatic rings. The Morgan fingerprint density at radius 1 is 1.14 bits per heavy atom. The van der Waals surface area contributed by atoms with Gasteiger partial charge in [0.05, 0.1) is 21.7 Å². The van der Waals surface area contributed by atoms with Crippen molar-refractivity contribution in [1.82, 2.24) is 0 Å². The molecule has 0 bridgehead atoms. The van der Waals surface area contributed by atoms with Gasteiger partial charge in [0.2, 0.25) is 5.91 Å². The zero-order valence-electron chi connectivity index (χ0n) is 16.0. The van der Waals surface area contributed by atoms with Crippen LogP contribution in [-0.2, 0) is 19.1 Å². The van der Waals surface area contributed by atoms with Gasteiger partial charge >= 0.3 is 5.97 Å². The zero-order chi connectivity index (χ0) is 21.1. The quantitative estimate of drug-likeness (QED) is 0.717. The lowest BCUT2D eigenvalue weighted by atomic mass is 10.1. The Morgan fingerprint density at radius 3 is 2.48 bits per heavy atom. The lowest BCUT2D eigenvalue weighted by molar-refractivity contribution is -0.151. The molecule has 0 spiro atoms. The van der Waals surface area contributed by atoms with E-state index < -0.39 is 24.4 Å². The molecular weight excluding hydrogens is 415 g/mol. The monoisotopic (exact) mass is 434 g/mol. The maximum Gasteiger partial charge on any atom is 0.311 e. The third-order valence-electron chi connectivity index (χ3n) is 4.74. The predicted octanol–water partition coefficient (Wildman–Crippen LogP) is 4.15. The second kappa shape index (κ2) is 8.84. The number of halogens is 2. The molecule has 0 aromatic heterocycles. The van der Waals surface area contributed by atoms with Crippen molar-refractivity contribution < 1.29 is 19.1 Å². The number of hydrogen-bond donors (Lipinski definition) is 1. The lowest BCUT2D eigenvalue weighted by Gasteiger charge is -2.21. The smallest absolute Gasteiger partial charge is 0.311 e. The van der Waals surface area contributed by atoms with Crippen molar-refractivity contribution in [1.29, 1.82) is 0 Å². The number of carbonyl (C=O) groups excluding carboxylic acids is 3. The van der Waals surface area contributed by atoms with Crippen LogP contribution in [0.25, 0.3) is 0 Å². The summed E-state index contributed by atoms with van der Waals surface area (Å²) in [6, 6.07) is 10.6. The van der Waals surface area contributed by atoms with E-state index >= 15 is 0 Å². The molecule has 6 nitrogen and oxygen atoms in total. The Hall–Kier alpha value is -2.57. The molecule has 2 amide bonds. The summed E-state index contributed by atoms with van der Waals surface area (Å²) in [7, 11) is 0. The first kappa shape index (κ1) is 21.1. The summed E-state index contributed by atoms with van der Waals surface area (Å²) >= 11 is 11.9. The zero-order valence-corrected chi connectivity index (χ0v) is 17.5. The fourth-order valence-corrected chi connectivity index (χ4v) is 3.70. The number of nitrogens with one attached hydrogen (secondary N) is 1. The topological polar surface area (TPSA) is 75.7 Å². The van der Waals surface area contributed by atoms with E-state index in [1.807, 2.05) is 32.0 Å². The molecular formula is C21H20Cl2N2O4. The molecule has 2 aromatic rings. The molecule has 1 N–H and O–H groups in total. The molecule has 0 saturated carbocycles. The molecule has 0 unspecified atom stereocenters. The van der Waals surface area contributed by atoms with E-state index in [1.165, 1.54) is 0 Å². The first-order valence-corrected chi connectivity index (χ1v) is 9.80. The fourth-order valence-electron chi connectivity index (χ4n) is 3.35. The van der Waals surface area contributed by atoms with E-state index in [0.29, 0.717) is 10.7 Å². The number of aryl methyl sites for hydroxylation is 2. The van der Waals surface area contributed by atoms with Crippen molar-refractivity contribution in [3.8, 4) is 0 Å². The van der Waals surface area contributed by atoms with Gasteiger partial charge in [-0.05, 0) is 37.1 Å². The van der Waals surface area contributed by atoms with Crippen molar-refractivity contribution >= 4 is 52.4 Å². The van der Waals surface area contributed by atoms with Crippen LogP contribution in [0.15, 0.2) is 36.4 Å². The fraction of sp³-hybridized carbons (Fsp3) is 0.286. The van der Waals surface area contributed by atoms with E-state index in [1.54, 1.807) is 23.1 Å². The highest BCUT2D eigenvalue weighted by molar-refractivity contribution is 6.44. The maximum absolute atomic E-state index is 12.5. The molecule has 152 valence electrons. The highest BCUT2D eigenvalue weighted by Gasteiger charge is 2.37. The minimum absolute atomic E-state index is 0.0499. The minimum atomic E-state index is -0.621. The number of anilines is 2. The predicted molar refractivity (Wildman–Crippen MR) is 112 cm³/mol. The van der Waals surface area contributed by atoms with Gasteiger partial charge in [-0.3, -0.25) is 14.4 Å². The Bertz CT molecular complexity index is 957. The van der Waals surface area contributed by atoms with Gasteiger partial charge in [-0.25, -0.2) is 0 Å². The molecule has 0 radical (unpaired) electrons. The van der Waals surface area contributed by atoms with Gasteiger partial charge < -0.3 is 15.0 Å². The lowest BCUT2D eigenvalue weighted by Crippen LogP contribution is -2.29. The van der Waals surface area contributed by atoms with Crippen LogP contribution >= 0.6 is 23.2 Å². The van der Waals surface area contributed by atoms with Crippen LogP contribution in [0, 0.1) is 19.8 Å². The summed E-state index contributed by atoms with van der Waals surface area (Å²) in [6.07, 6.45) is 0.0499. The summed E-state index contributed by atoms with van der Waals surface area (Å²) in [5, 5.41) is 3.06. The van der Waals surface area contributed by atoms with Crippen molar-refractivity contribution in [2.24, 2.45) is 5.92 Å². The molecule has 3 rings (SSSR count). The first-order chi connectivity index (χ1) is 13.8. The van der Waals surface area contributed by atoms with Crippen LogP contribution in [0.4, 0.5) is 11.4 Å². The van der Waals surface area contributed by atoms with Crippen LogP contribution < -0.4 is 10.2 Å². The van der Waals surface area contributed by atoms with Gasteiger partial charge in [-0.1, -0.05) is 47.5 Å². The van der Waals surface area contributed by atoms with Crippen LogP contribution in [-0.4, -0.2) is 30.9 Å². The first-order valence-electron chi connectivity index (χ1n) is 9.05. The van der Waals surface area contributed by atoms with Gasteiger partial charge in [0.15, 0.2) is 6.61 Å². The molecule has 1 atom stereocenters. The number of para-hydroxylation sites is 1. The summed E-state index contributed by atoms with van der Waals surface area (Å²) in [5.74, 6) is -1.89. The van der Waals surface area contributed by atoms with Gasteiger partial charge in [-0.2, -0.15) is 0 Å². The molecule has 1 saturated heterocycles. The number of amides is 2. The van der Waals surface area contributed by atoms with E-state index in [0.717, 1.165) is 16.8 Å².